The molecule has 0 bridgehead atoms. The minimum atomic E-state index is -0.434. The molecule has 0 aliphatic carbocycles. The summed E-state index contributed by atoms with van der Waals surface area (Å²) in [7, 11) is 0. The molecule has 1 N–H and O–H groups in total. The molecule has 1 atom stereocenters. The third-order valence-corrected chi connectivity index (χ3v) is 5.34. The van der Waals surface area contributed by atoms with E-state index in [0.29, 0.717) is 30.9 Å². The van der Waals surface area contributed by atoms with E-state index < -0.39 is 5.92 Å². The van der Waals surface area contributed by atoms with Crippen LogP contribution in [0, 0.1) is 18.3 Å². The van der Waals surface area contributed by atoms with Crippen LogP contribution in [0.15, 0.2) is 40.7 Å². The van der Waals surface area contributed by atoms with E-state index in [2.05, 4.69) is 16.3 Å². The van der Waals surface area contributed by atoms with E-state index in [-0.39, 0.29) is 12.6 Å². The van der Waals surface area contributed by atoms with Gasteiger partial charge in [0.2, 0.25) is 0 Å². The summed E-state index contributed by atoms with van der Waals surface area (Å²) >= 11 is 0. The summed E-state index contributed by atoms with van der Waals surface area (Å²) in [5, 5.41) is 18.1. The Labute approximate surface area is 149 Å². The number of ether oxygens (including phenoxy) is 2. The lowest BCUT2D eigenvalue weighted by atomic mass is 9.80. The van der Waals surface area contributed by atoms with Crippen molar-refractivity contribution in [1.29, 1.82) is 5.26 Å². The smallest absolute Gasteiger partial charge is 0.337 e. The molecule has 3 aliphatic rings. The highest BCUT2D eigenvalue weighted by Crippen LogP contribution is 2.45. The number of aryl methyl sites for hydroxylation is 1. The Morgan fingerprint density at radius 2 is 2.23 bits per heavy atom. The van der Waals surface area contributed by atoms with Gasteiger partial charge in [0, 0.05) is 11.9 Å². The van der Waals surface area contributed by atoms with Crippen molar-refractivity contribution in [3.05, 3.63) is 52.0 Å². The van der Waals surface area contributed by atoms with Gasteiger partial charge in [-0.25, -0.2) is 4.79 Å². The van der Waals surface area contributed by atoms with Gasteiger partial charge in [-0.05, 0) is 24.6 Å². The van der Waals surface area contributed by atoms with Gasteiger partial charge >= 0.3 is 5.97 Å². The fourth-order valence-electron chi connectivity index (χ4n) is 4.09. The van der Waals surface area contributed by atoms with Crippen molar-refractivity contribution in [2.45, 2.75) is 12.8 Å². The number of hydrogen-bond donors (Lipinski definition) is 1. The number of nitrogens with one attached hydrogen (secondary N) is 1. The molecule has 1 aromatic carbocycles. The first-order chi connectivity index (χ1) is 12.7. The van der Waals surface area contributed by atoms with Crippen molar-refractivity contribution in [2.24, 2.45) is 0 Å². The highest BCUT2D eigenvalue weighted by atomic mass is 16.5. The average molecular weight is 348 g/mol. The topological polar surface area (TPSA) is 91.2 Å². The van der Waals surface area contributed by atoms with Gasteiger partial charge in [-0.3, -0.25) is 5.10 Å². The monoisotopic (exact) mass is 348 g/mol. The molecule has 1 saturated heterocycles. The van der Waals surface area contributed by atoms with E-state index in [1.165, 1.54) is 0 Å². The van der Waals surface area contributed by atoms with Gasteiger partial charge in [-0.2, -0.15) is 10.4 Å². The first-order valence-electron chi connectivity index (χ1n) is 8.52. The molecule has 7 heteroatoms. The molecule has 3 aliphatic heterocycles. The van der Waals surface area contributed by atoms with Crippen LogP contribution in [0.1, 0.15) is 17.2 Å². The fourth-order valence-corrected chi connectivity index (χ4v) is 4.09. The first kappa shape index (κ1) is 15.2. The highest BCUT2D eigenvalue weighted by Gasteiger charge is 2.44. The summed E-state index contributed by atoms with van der Waals surface area (Å²) < 4.78 is 10.9. The zero-order valence-corrected chi connectivity index (χ0v) is 14.2. The molecule has 1 aromatic heterocycles. The number of cyclic esters (lactones) is 1. The molecule has 2 aromatic rings. The molecule has 0 radical (unpaired) electrons. The molecule has 7 nitrogen and oxygen atoms in total. The molecule has 130 valence electrons. The van der Waals surface area contributed by atoms with Crippen LogP contribution in [-0.4, -0.2) is 47.4 Å². The lowest BCUT2D eigenvalue weighted by Gasteiger charge is -2.38. The van der Waals surface area contributed by atoms with Crippen LogP contribution in [-0.2, 0) is 14.3 Å². The lowest BCUT2D eigenvalue weighted by Crippen LogP contribution is -2.39. The fraction of sp³-hybridized carbons (Fsp3) is 0.316. The number of aromatic nitrogens is 2. The van der Waals surface area contributed by atoms with Gasteiger partial charge in [0.25, 0.3) is 0 Å². The summed E-state index contributed by atoms with van der Waals surface area (Å²) in [6.07, 6.45) is 0. The van der Waals surface area contributed by atoms with Crippen molar-refractivity contribution in [1.82, 2.24) is 15.1 Å². The second-order valence-corrected chi connectivity index (χ2v) is 6.66. The van der Waals surface area contributed by atoms with Crippen LogP contribution in [0.25, 0.3) is 10.9 Å². The predicted octanol–water partition coefficient (Wildman–Crippen LogP) is 1.89. The van der Waals surface area contributed by atoms with Gasteiger partial charge in [0.1, 0.15) is 6.61 Å². The number of esters is 1. The number of morpholine rings is 1. The number of aromatic amines is 1. The summed E-state index contributed by atoms with van der Waals surface area (Å²) in [4.78, 5) is 14.5. The maximum atomic E-state index is 12.5. The van der Waals surface area contributed by atoms with Crippen molar-refractivity contribution in [2.75, 3.05) is 26.4 Å². The summed E-state index contributed by atoms with van der Waals surface area (Å²) in [5.41, 5.74) is 5.54. The Balaban J connectivity index is 1.75. The predicted molar refractivity (Wildman–Crippen MR) is 91.7 cm³/mol. The third-order valence-electron chi connectivity index (χ3n) is 5.34. The van der Waals surface area contributed by atoms with Crippen molar-refractivity contribution >= 4 is 16.9 Å². The number of fused-ring (bicyclic) bond motifs is 3. The number of hydrogen-bond acceptors (Lipinski definition) is 6. The molecule has 26 heavy (non-hydrogen) atoms. The SMILES string of the molecule is Cc1n[nH]c2ccc(C3C(C#N)=C4COCCN4C4=C3C(=O)OC4)cc12. The average Bonchev–Trinajstić information content (AvgIpc) is 3.24. The number of nitrogens with zero attached hydrogens (tertiary/aromatic N) is 3. The van der Waals surface area contributed by atoms with Crippen LogP contribution in [0.4, 0.5) is 0 Å². The maximum Gasteiger partial charge on any atom is 0.337 e. The molecule has 4 heterocycles. The molecule has 0 spiro atoms. The Bertz CT molecular complexity index is 1060. The summed E-state index contributed by atoms with van der Waals surface area (Å²) in [5.74, 6) is -0.774. The Morgan fingerprint density at radius 3 is 3.08 bits per heavy atom. The third kappa shape index (κ3) is 1.96. The lowest BCUT2D eigenvalue weighted by molar-refractivity contribution is -0.136. The Kier molecular flexibility index (Phi) is 3.18. The minimum Gasteiger partial charge on any atom is -0.456 e. The van der Waals surface area contributed by atoms with Crippen molar-refractivity contribution in [3.8, 4) is 6.07 Å². The number of rotatable bonds is 1. The zero-order chi connectivity index (χ0) is 17.8. The Hall–Kier alpha value is -3.11. The summed E-state index contributed by atoms with van der Waals surface area (Å²) in [6.45, 7) is 3.75. The van der Waals surface area contributed by atoms with Crippen molar-refractivity contribution in [3.63, 3.8) is 0 Å². The largest absolute Gasteiger partial charge is 0.456 e. The maximum absolute atomic E-state index is 12.5. The van der Waals surface area contributed by atoms with Crippen LogP contribution in [0.2, 0.25) is 0 Å². The Morgan fingerprint density at radius 1 is 1.35 bits per heavy atom. The molecular formula is C19H16N4O3. The molecular weight excluding hydrogens is 332 g/mol. The van der Waals surface area contributed by atoms with E-state index in [4.69, 9.17) is 9.47 Å². The van der Waals surface area contributed by atoms with Gasteiger partial charge < -0.3 is 14.4 Å². The zero-order valence-electron chi connectivity index (χ0n) is 14.2. The minimum absolute atomic E-state index is 0.250. The normalized spacial score (nSPS) is 22.4. The van der Waals surface area contributed by atoms with Crippen molar-refractivity contribution < 1.29 is 14.3 Å². The van der Waals surface area contributed by atoms with E-state index in [1.54, 1.807) is 0 Å². The highest BCUT2D eigenvalue weighted by molar-refractivity contribution is 5.96. The van der Waals surface area contributed by atoms with Gasteiger partial charge in [0.05, 0.1) is 59.0 Å². The molecule has 0 saturated carbocycles. The van der Waals surface area contributed by atoms with E-state index in [0.717, 1.165) is 33.6 Å². The van der Waals surface area contributed by atoms with Crippen LogP contribution >= 0.6 is 0 Å². The van der Waals surface area contributed by atoms with Gasteiger partial charge in [-0.15, -0.1) is 0 Å². The standard InChI is InChI=1S/C19H16N4O3/c1-10-12-6-11(2-3-14(12)22-21-10)17-13(7-20)15-8-25-5-4-23(15)16-9-26-19(24)18(16)17/h2-3,6,17H,4-5,8-9H2,1H3,(H,21,22). The molecule has 1 unspecified atom stereocenters. The second kappa shape index (κ2) is 5.44. The van der Waals surface area contributed by atoms with Crippen LogP contribution < -0.4 is 0 Å². The molecule has 1 fully saturated rings. The molecule has 0 amide bonds. The van der Waals surface area contributed by atoms with E-state index in [9.17, 15) is 10.1 Å². The number of nitriles is 1. The number of carbonyl (C=O) groups excluding carboxylic acids is 1. The number of allylic oxidation sites excluding steroid dienone is 1. The number of H-pyrrole nitrogens is 1. The number of carbonyl (C=O) groups is 1. The first-order valence-corrected chi connectivity index (χ1v) is 8.52. The van der Waals surface area contributed by atoms with Crippen LogP contribution in [0.5, 0.6) is 0 Å². The van der Waals surface area contributed by atoms with E-state index in [1.807, 2.05) is 30.0 Å². The number of benzene rings is 1. The second-order valence-electron chi connectivity index (χ2n) is 6.66. The van der Waals surface area contributed by atoms with Crippen LogP contribution in [0.3, 0.4) is 0 Å². The van der Waals surface area contributed by atoms with Gasteiger partial charge in [-0.1, -0.05) is 6.07 Å². The van der Waals surface area contributed by atoms with E-state index >= 15 is 0 Å². The summed E-state index contributed by atoms with van der Waals surface area (Å²) in [6, 6.07) is 8.22. The van der Waals surface area contributed by atoms with Gasteiger partial charge in [0.15, 0.2) is 0 Å². The quantitative estimate of drug-likeness (QED) is 0.792. The molecule has 5 rings (SSSR count).